The SMILES string of the molecule is CC(c1ccccc1F)n1c(=S)[nH]c2cc(Cl)cnc21. The number of fused-ring (bicyclic) bond motifs is 1. The number of hydrogen-bond donors (Lipinski definition) is 1. The van der Waals surface area contributed by atoms with E-state index in [2.05, 4.69) is 9.97 Å². The lowest BCUT2D eigenvalue weighted by atomic mass is 10.1. The smallest absolute Gasteiger partial charge is 0.179 e. The summed E-state index contributed by atoms with van der Waals surface area (Å²) in [5.74, 6) is -0.259. The average molecular weight is 308 g/mol. The van der Waals surface area contributed by atoms with Crippen LogP contribution in [0, 0.1) is 10.6 Å². The van der Waals surface area contributed by atoms with E-state index < -0.39 is 0 Å². The Hall–Kier alpha value is -1.72. The Bertz CT molecular complexity index is 840. The fourth-order valence-corrected chi connectivity index (χ4v) is 2.81. The summed E-state index contributed by atoms with van der Waals surface area (Å²) >= 11 is 11.2. The number of aromatic nitrogens is 3. The maximum absolute atomic E-state index is 13.9. The zero-order chi connectivity index (χ0) is 14.3. The van der Waals surface area contributed by atoms with Crippen molar-refractivity contribution in [3.05, 3.63) is 57.7 Å². The minimum Gasteiger partial charge on any atom is -0.329 e. The summed E-state index contributed by atoms with van der Waals surface area (Å²) in [5.41, 5.74) is 1.97. The van der Waals surface area contributed by atoms with Crippen LogP contribution in [0.25, 0.3) is 11.2 Å². The predicted molar refractivity (Wildman–Crippen MR) is 80.1 cm³/mol. The number of halogens is 2. The molecule has 1 N–H and O–H groups in total. The maximum Gasteiger partial charge on any atom is 0.179 e. The van der Waals surface area contributed by atoms with Gasteiger partial charge in [-0.2, -0.15) is 0 Å². The number of benzene rings is 1. The first-order valence-electron chi connectivity index (χ1n) is 6.08. The third-order valence-corrected chi connectivity index (χ3v) is 3.77. The molecular weight excluding hydrogens is 297 g/mol. The lowest BCUT2D eigenvalue weighted by Gasteiger charge is -2.15. The van der Waals surface area contributed by atoms with E-state index in [0.29, 0.717) is 21.0 Å². The first-order valence-corrected chi connectivity index (χ1v) is 6.86. The molecule has 1 aromatic carbocycles. The molecule has 0 aliphatic heterocycles. The van der Waals surface area contributed by atoms with Crippen LogP contribution >= 0.6 is 23.8 Å². The largest absolute Gasteiger partial charge is 0.329 e. The van der Waals surface area contributed by atoms with Crippen molar-refractivity contribution < 1.29 is 4.39 Å². The van der Waals surface area contributed by atoms with E-state index in [0.717, 1.165) is 5.52 Å². The normalized spacial score (nSPS) is 12.8. The van der Waals surface area contributed by atoms with Crippen LogP contribution in [0.2, 0.25) is 5.02 Å². The van der Waals surface area contributed by atoms with Crippen LogP contribution in [0.3, 0.4) is 0 Å². The van der Waals surface area contributed by atoms with E-state index in [1.807, 2.05) is 6.92 Å². The fourth-order valence-electron chi connectivity index (χ4n) is 2.30. The molecule has 2 aromatic heterocycles. The maximum atomic E-state index is 13.9. The van der Waals surface area contributed by atoms with Gasteiger partial charge in [0.1, 0.15) is 5.82 Å². The zero-order valence-electron chi connectivity index (χ0n) is 10.6. The van der Waals surface area contributed by atoms with E-state index in [1.165, 1.54) is 6.07 Å². The van der Waals surface area contributed by atoms with Crippen LogP contribution in [-0.4, -0.2) is 14.5 Å². The molecule has 0 radical (unpaired) electrons. The van der Waals surface area contributed by atoms with Gasteiger partial charge in [0.25, 0.3) is 0 Å². The van der Waals surface area contributed by atoms with Gasteiger partial charge in [-0.1, -0.05) is 29.8 Å². The minimum absolute atomic E-state index is 0.258. The molecule has 3 aromatic rings. The fraction of sp³-hybridized carbons (Fsp3) is 0.143. The summed E-state index contributed by atoms with van der Waals surface area (Å²) in [6, 6.07) is 8.15. The summed E-state index contributed by atoms with van der Waals surface area (Å²) in [6.07, 6.45) is 1.55. The molecule has 0 spiro atoms. The molecule has 0 saturated heterocycles. The Kier molecular flexibility index (Phi) is 3.31. The summed E-state index contributed by atoms with van der Waals surface area (Å²) in [5, 5.41) is 0.527. The number of H-pyrrole nitrogens is 1. The van der Waals surface area contributed by atoms with Crippen LogP contribution in [-0.2, 0) is 0 Å². The van der Waals surface area contributed by atoms with Gasteiger partial charge >= 0.3 is 0 Å². The molecule has 0 aliphatic rings. The highest BCUT2D eigenvalue weighted by Crippen LogP contribution is 2.26. The second-order valence-electron chi connectivity index (χ2n) is 4.52. The predicted octanol–water partition coefficient (Wildman–Crippen LogP) is 4.50. The number of nitrogens with zero attached hydrogens (tertiary/aromatic N) is 2. The van der Waals surface area contributed by atoms with Gasteiger partial charge in [-0.3, -0.25) is 4.57 Å². The highest BCUT2D eigenvalue weighted by Gasteiger charge is 2.17. The van der Waals surface area contributed by atoms with E-state index in [9.17, 15) is 4.39 Å². The number of rotatable bonds is 2. The summed E-state index contributed by atoms with van der Waals surface area (Å²) < 4.78 is 16.2. The van der Waals surface area contributed by atoms with Crippen molar-refractivity contribution in [3.8, 4) is 0 Å². The van der Waals surface area contributed by atoms with Crippen molar-refractivity contribution in [2.45, 2.75) is 13.0 Å². The second-order valence-corrected chi connectivity index (χ2v) is 5.35. The lowest BCUT2D eigenvalue weighted by molar-refractivity contribution is 0.559. The minimum atomic E-state index is -0.259. The Balaban J connectivity index is 2.22. The molecular formula is C14H11ClFN3S. The Morgan fingerprint density at radius 3 is 2.90 bits per heavy atom. The monoisotopic (exact) mass is 307 g/mol. The molecule has 0 bridgehead atoms. The van der Waals surface area contributed by atoms with Gasteiger partial charge in [-0.15, -0.1) is 0 Å². The zero-order valence-corrected chi connectivity index (χ0v) is 12.2. The molecule has 0 amide bonds. The molecule has 1 unspecified atom stereocenters. The molecule has 1 atom stereocenters. The standard InChI is InChI=1S/C14H11ClFN3S/c1-8(10-4-2-3-5-11(10)16)19-13-12(18-14(19)20)6-9(15)7-17-13/h2-8H,1H3,(H,18,20). The number of hydrogen-bond acceptors (Lipinski definition) is 2. The highest BCUT2D eigenvalue weighted by atomic mass is 35.5. The average Bonchev–Trinajstić information content (AvgIpc) is 2.73. The van der Waals surface area contributed by atoms with Gasteiger partial charge < -0.3 is 4.98 Å². The third kappa shape index (κ3) is 2.13. The van der Waals surface area contributed by atoms with Crippen molar-refractivity contribution in [2.75, 3.05) is 0 Å². The summed E-state index contributed by atoms with van der Waals surface area (Å²) in [4.78, 5) is 7.33. The molecule has 2 heterocycles. The van der Waals surface area contributed by atoms with Crippen molar-refractivity contribution in [1.82, 2.24) is 14.5 Å². The van der Waals surface area contributed by atoms with Gasteiger partial charge in [0, 0.05) is 11.8 Å². The van der Waals surface area contributed by atoms with Crippen LogP contribution in [0.1, 0.15) is 18.5 Å². The molecule has 20 heavy (non-hydrogen) atoms. The molecule has 0 saturated carbocycles. The lowest BCUT2D eigenvalue weighted by Crippen LogP contribution is -2.09. The summed E-state index contributed by atoms with van der Waals surface area (Å²) in [6.45, 7) is 1.89. The van der Waals surface area contributed by atoms with Gasteiger partial charge in [0.2, 0.25) is 0 Å². The van der Waals surface area contributed by atoms with Gasteiger partial charge in [-0.25, -0.2) is 9.37 Å². The van der Waals surface area contributed by atoms with Crippen LogP contribution in [0.15, 0.2) is 36.5 Å². The number of aromatic amines is 1. The quantitative estimate of drug-likeness (QED) is 0.707. The van der Waals surface area contributed by atoms with Crippen molar-refractivity contribution in [3.63, 3.8) is 0 Å². The van der Waals surface area contributed by atoms with Gasteiger partial charge in [0.05, 0.1) is 16.6 Å². The Morgan fingerprint density at radius 1 is 1.40 bits per heavy atom. The number of imidazole rings is 1. The van der Waals surface area contributed by atoms with E-state index >= 15 is 0 Å². The summed E-state index contributed by atoms with van der Waals surface area (Å²) in [7, 11) is 0. The van der Waals surface area contributed by atoms with Crippen LogP contribution in [0.4, 0.5) is 4.39 Å². The molecule has 0 fully saturated rings. The molecule has 3 nitrogen and oxygen atoms in total. The topological polar surface area (TPSA) is 33.6 Å². The highest BCUT2D eigenvalue weighted by molar-refractivity contribution is 7.71. The Morgan fingerprint density at radius 2 is 2.15 bits per heavy atom. The number of pyridine rings is 1. The van der Waals surface area contributed by atoms with E-state index in [-0.39, 0.29) is 11.9 Å². The van der Waals surface area contributed by atoms with Crippen molar-refractivity contribution in [1.29, 1.82) is 0 Å². The first kappa shape index (κ1) is 13.3. The molecule has 6 heteroatoms. The van der Waals surface area contributed by atoms with Crippen LogP contribution < -0.4 is 0 Å². The second kappa shape index (κ2) is 5.00. The molecule has 102 valence electrons. The van der Waals surface area contributed by atoms with Crippen LogP contribution in [0.5, 0.6) is 0 Å². The van der Waals surface area contributed by atoms with Gasteiger partial charge in [0.15, 0.2) is 10.4 Å². The molecule has 3 rings (SSSR count). The first-order chi connectivity index (χ1) is 9.58. The third-order valence-electron chi connectivity index (χ3n) is 3.26. The van der Waals surface area contributed by atoms with E-state index in [4.69, 9.17) is 23.8 Å². The number of nitrogens with one attached hydrogen (secondary N) is 1. The van der Waals surface area contributed by atoms with Crippen molar-refractivity contribution >= 4 is 35.0 Å². The van der Waals surface area contributed by atoms with Crippen molar-refractivity contribution in [2.24, 2.45) is 0 Å². The Labute approximate surface area is 125 Å². The van der Waals surface area contributed by atoms with E-state index in [1.54, 1.807) is 35.0 Å². The molecule has 0 aliphatic carbocycles. The van der Waals surface area contributed by atoms with Gasteiger partial charge in [-0.05, 0) is 31.3 Å².